The van der Waals surface area contributed by atoms with Crippen molar-refractivity contribution in [3.05, 3.63) is 41.0 Å². The number of nitrogens with zero attached hydrogens (tertiary/aromatic N) is 3. The summed E-state index contributed by atoms with van der Waals surface area (Å²) in [7, 11) is 0. The number of anilines is 1. The minimum absolute atomic E-state index is 0.0645. The smallest absolute Gasteiger partial charge is 0.239 e. The fourth-order valence-corrected chi connectivity index (χ4v) is 3.50. The van der Waals surface area contributed by atoms with E-state index in [2.05, 4.69) is 30.1 Å². The zero-order valence-electron chi connectivity index (χ0n) is 17.3. The fraction of sp³-hybridized carbons (Fsp3) is 0.545. The molecule has 1 fully saturated rings. The van der Waals surface area contributed by atoms with Gasteiger partial charge < -0.3 is 14.3 Å². The number of furan rings is 1. The van der Waals surface area contributed by atoms with Crippen LogP contribution in [0, 0.1) is 31.1 Å². The van der Waals surface area contributed by atoms with Gasteiger partial charge in [0.1, 0.15) is 17.6 Å². The Morgan fingerprint density at radius 3 is 2.75 bits per heavy atom. The van der Waals surface area contributed by atoms with Crippen molar-refractivity contribution in [3.63, 3.8) is 0 Å². The number of nitrogens with one attached hydrogen (secondary N) is 1. The van der Waals surface area contributed by atoms with Crippen LogP contribution in [0.15, 0.2) is 22.8 Å². The van der Waals surface area contributed by atoms with E-state index in [0.29, 0.717) is 36.4 Å². The number of carbonyl (C=O) groups excluding carboxylic acids is 1. The van der Waals surface area contributed by atoms with Crippen molar-refractivity contribution in [2.75, 3.05) is 18.4 Å². The summed E-state index contributed by atoms with van der Waals surface area (Å²) >= 11 is 0. The van der Waals surface area contributed by atoms with Gasteiger partial charge in [0.15, 0.2) is 0 Å². The Hall–Kier alpha value is -2.52. The summed E-state index contributed by atoms with van der Waals surface area (Å²) in [5.74, 6) is 1.91. The van der Waals surface area contributed by atoms with Crippen LogP contribution < -0.4 is 5.32 Å². The number of aromatic nitrogens is 1. The predicted molar refractivity (Wildman–Crippen MR) is 109 cm³/mol. The van der Waals surface area contributed by atoms with Crippen molar-refractivity contribution < 1.29 is 9.21 Å². The molecule has 0 atom stereocenters. The van der Waals surface area contributed by atoms with Gasteiger partial charge in [0.25, 0.3) is 0 Å². The molecule has 0 aromatic carbocycles. The van der Waals surface area contributed by atoms with Crippen molar-refractivity contribution in [2.24, 2.45) is 5.92 Å². The van der Waals surface area contributed by atoms with Crippen LogP contribution in [0.3, 0.4) is 0 Å². The Kier molecular flexibility index (Phi) is 6.25. The number of hydrogen-bond donors (Lipinski definition) is 1. The molecule has 1 N–H and O–H groups in total. The van der Waals surface area contributed by atoms with Crippen LogP contribution in [0.4, 0.5) is 5.82 Å². The Balaban J connectivity index is 1.77. The fourth-order valence-electron chi connectivity index (χ4n) is 3.50. The molecule has 1 saturated carbocycles. The molecule has 2 heterocycles. The Labute approximate surface area is 167 Å². The van der Waals surface area contributed by atoms with Gasteiger partial charge in [-0.25, -0.2) is 0 Å². The number of nitriles is 1. The third kappa shape index (κ3) is 4.66. The highest BCUT2D eigenvalue weighted by molar-refractivity contribution is 5.93. The summed E-state index contributed by atoms with van der Waals surface area (Å²) in [5, 5.41) is 12.7. The van der Waals surface area contributed by atoms with Crippen LogP contribution >= 0.6 is 0 Å². The van der Waals surface area contributed by atoms with Crippen LogP contribution in [0.2, 0.25) is 0 Å². The zero-order chi connectivity index (χ0) is 20.3. The number of carbonyl (C=O) groups is 1. The lowest BCUT2D eigenvalue weighted by atomic mass is 10.1. The first-order chi connectivity index (χ1) is 13.4. The van der Waals surface area contributed by atoms with E-state index in [4.69, 9.17) is 4.42 Å². The van der Waals surface area contributed by atoms with Gasteiger partial charge in [0.2, 0.25) is 5.91 Å². The molecule has 2 aromatic rings. The Morgan fingerprint density at radius 2 is 2.18 bits per heavy atom. The molecule has 1 amide bonds. The number of amides is 1. The molecule has 0 aliphatic heterocycles. The normalized spacial score (nSPS) is 13.9. The van der Waals surface area contributed by atoms with E-state index >= 15 is 0 Å². The number of rotatable bonds is 9. The van der Waals surface area contributed by atoms with Gasteiger partial charge in [0.05, 0.1) is 24.9 Å². The summed E-state index contributed by atoms with van der Waals surface area (Å²) in [5.41, 5.74) is 2.38. The van der Waals surface area contributed by atoms with E-state index in [1.807, 2.05) is 30.5 Å². The second-order valence-corrected chi connectivity index (χ2v) is 8.14. The van der Waals surface area contributed by atoms with Gasteiger partial charge in [-0.15, -0.1) is 0 Å². The number of hydrogen-bond acceptors (Lipinski definition) is 4. The summed E-state index contributed by atoms with van der Waals surface area (Å²) in [6.45, 7) is 10.1. The highest BCUT2D eigenvalue weighted by atomic mass is 16.3. The molecule has 0 bridgehead atoms. The van der Waals surface area contributed by atoms with E-state index in [1.54, 1.807) is 6.26 Å². The molecule has 6 heteroatoms. The quantitative estimate of drug-likeness (QED) is 0.709. The molecule has 28 heavy (non-hydrogen) atoms. The van der Waals surface area contributed by atoms with Crippen LogP contribution in [0.1, 0.15) is 55.7 Å². The minimum atomic E-state index is -0.0645. The van der Waals surface area contributed by atoms with Gasteiger partial charge >= 0.3 is 0 Å². The largest absolute Gasteiger partial charge is 0.467 e. The SMILES string of the molecule is Cc1c(C#N)c(NC(=O)CN(CCC(C)C)C2CC2)n(Cc2ccco2)c1C. The molecular formula is C22H30N4O2. The maximum atomic E-state index is 12.8. The van der Waals surface area contributed by atoms with Gasteiger partial charge in [-0.3, -0.25) is 9.69 Å². The summed E-state index contributed by atoms with van der Waals surface area (Å²) in [6, 6.07) is 6.52. The molecule has 150 valence electrons. The first kappa shape index (κ1) is 20.2. The highest BCUT2D eigenvalue weighted by Gasteiger charge is 2.30. The lowest BCUT2D eigenvalue weighted by Gasteiger charge is -2.22. The van der Waals surface area contributed by atoms with Gasteiger partial charge in [-0.2, -0.15) is 5.26 Å². The van der Waals surface area contributed by atoms with Crippen LogP contribution in [0.5, 0.6) is 0 Å². The molecule has 0 spiro atoms. The van der Waals surface area contributed by atoms with E-state index in [1.165, 1.54) is 12.8 Å². The van der Waals surface area contributed by atoms with Crippen LogP contribution in [-0.4, -0.2) is 34.5 Å². The van der Waals surface area contributed by atoms with Crippen LogP contribution in [0.25, 0.3) is 0 Å². The Morgan fingerprint density at radius 1 is 1.43 bits per heavy atom. The van der Waals surface area contributed by atoms with Gasteiger partial charge in [-0.1, -0.05) is 13.8 Å². The van der Waals surface area contributed by atoms with Gasteiger partial charge in [-0.05, 0) is 63.3 Å². The minimum Gasteiger partial charge on any atom is -0.467 e. The maximum absolute atomic E-state index is 12.8. The molecule has 1 aliphatic rings. The summed E-state index contributed by atoms with van der Waals surface area (Å²) < 4.78 is 7.43. The van der Waals surface area contributed by atoms with E-state index in [-0.39, 0.29) is 5.91 Å². The zero-order valence-corrected chi connectivity index (χ0v) is 17.3. The van der Waals surface area contributed by atoms with E-state index in [0.717, 1.165) is 30.0 Å². The first-order valence-corrected chi connectivity index (χ1v) is 10.1. The van der Waals surface area contributed by atoms with Crippen molar-refractivity contribution in [3.8, 4) is 6.07 Å². The molecule has 0 saturated heterocycles. The predicted octanol–water partition coefficient (Wildman–Crippen LogP) is 4.07. The van der Waals surface area contributed by atoms with Crippen molar-refractivity contribution in [1.82, 2.24) is 9.47 Å². The molecule has 0 radical (unpaired) electrons. The maximum Gasteiger partial charge on any atom is 0.239 e. The lowest BCUT2D eigenvalue weighted by molar-refractivity contribution is -0.117. The van der Waals surface area contributed by atoms with Crippen LogP contribution in [-0.2, 0) is 11.3 Å². The average Bonchev–Trinajstić information content (AvgIpc) is 3.33. The molecule has 3 rings (SSSR count). The topological polar surface area (TPSA) is 74.2 Å². The average molecular weight is 383 g/mol. The lowest BCUT2D eigenvalue weighted by Crippen LogP contribution is -2.36. The van der Waals surface area contributed by atoms with Crippen molar-refractivity contribution >= 4 is 11.7 Å². The van der Waals surface area contributed by atoms with Crippen molar-refractivity contribution in [1.29, 1.82) is 5.26 Å². The second-order valence-electron chi connectivity index (χ2n) is 8.14. The van der Waals surface area contributed by atoms with E-state index < -0.39 is 0 Å². The third-order valence-electron chi connectivity index (χ3n) is 5.50. The van der Waals surface area contributed by atoms with Gasteiger partial charge in [0, 0.05) is 11.7 Å². The van der Waals surface area contributed by atoms with E-state index in [9.17, 15) is 10.1 Å². The molecular weight excluding hydrogens is 352 g/mol. The summed E-state index contributed by atoms with van der Waals surface area (Å²) in [6.07, 6.45) is 5.05. The van der Waals surface area contributed by atoms with Crippen molar-refractivity contribution in [2.45, 2.75) is 59.5 Å². The molecule has 2 aromatic heterocycles. The standard InChI is InChI=1S/C22H30N4O2/c1-15(2)9-10-25(18-7-8-18)14-21(27)24-22-20(12-23)16(3)17(4)26(22)13-19-6-5-11-28-19/h5-6,11,15,18H,7-10,13-14H2,1-4H3,(H,24,27). The monoisotopic (exact) mass is 382 g/mol. The molecule has 1 aliphatic carbocycles. The highest BCUT2D eigenvalue weighted by Crippen LogP contribution is 2.29. The second kappa shape index (κ2) is 8.66. The summed E-state index contributed by atoms with van der Waals surface area (Å²) in [4.78, 5) is 15.1. The Bertz CT molecular complexity index is 854. The third-order valence-corrected chi connectivity index (χ3v) is 5.50. The molecule has 6 nitrogen and oxygen atoms in total. The first-order valence-electron chi connectivity index (χ1n) is 10.1. The molecule has 0 unspecified atom stereocenters.